The number of hydrogen-bond acceptors (Lipinski definition) is 1. The average Bonchev–Trinajstić information content (AvgIpc) is 2.39. The van der Waals surface area contributed by atoms with Crippen LogP contribution in [0.25, 0.3) is 0 Å². The lowest BCUT2D eigenvalue weighted by atomic mass is 9.50. The zero-order valence-corrected chi connectivity index (χ0v) is 10.7. The van der Waals surface area contributed by atoms with E-state index >= 15 is 0 Å². The normalized spacial score (nSPS) is 39.8. The van der Waals surface area contributed by atoms with Crippen LogP contribution in [0.2, 0.25) is 0 Å². The van der Waals surface area contributed by atoms with Gasteiger partial charge in [-0.1, -0.05) is 24.3 Å². The van der Waals surface area contributed by atoms with Crippen LogP contribution in [0.4, 0.5) is 0 Å². The van der Waals surface area contributed by atoms with Gasteiger partial charge in [0.15, 0.2) is 0 Å². The number of rotatable bonds is 0. The third-order valence-electron chi connectivity index (χ3n) is 5.70. The van der Waals surface area contributed by atoms with Crippen molar-refractivity contribution in [2.75, 3.05) is 20.1 Å². The van der Waals surface area contributed by atoms with Crippen molar-refractivity contribution in [1.82, 2.24) is 4.90 Å². The summed E-state index contributed by atoms with van der Waals surface area (Å²) in [7, 11) is 2.29. The summed E-state index contributed by atoms with van der Waals surface area (Å²) < 4.78 is 0. The molecule has 2 fully saturated rings. The Morgan fingerprint density at radius 3 is 3.06 bits per heavy atom. The van der Waals surface area contributed by atoms with Crippen molar-refractivity contribution in [3.63, 3.8) is 0 Å². The van der Waals surface area contributed by atoms with Gasteiger partial charge < -0.3 is 4.90 Å². The second kappa shape index (κ2) is 3.35. The first kappa shape index (κ1) is 10.1. The smallest absolute Gasteiger partial charge is 0.00154 e. The van der Waals surface area contributed by atoms with Crippen molar-refractivity contribution >= 4 is 0 Å². The lowest BCUT2D eigenvalue weighted by Crippen LogP contribution is -2.54. The van der Waals surface area contributed by atoms with E-state index in [2.05, 4.69) is 36.2 Å². The van der Waals surface area contributed by atoms with Gasteiger partial charge in [0.25, 0.3) is 0 Å². The first-order valence-corrected chi connectivity index (χ1v) is 7.07. The van der Waals surface area contributed by atoms with E-state index in [1.807, 2.05) is 0 Å². The van der Waals surface area contributed by atoms with Gasteiger partial charge in [0.05, 0.1) is 0 Å². The Labute approximate surface area is 104 Å². The largest absolute Gasteiger partial charge is 0.306 e. The summed E-state index contributed by atoms with van der Waals surface area (Å²) in [4.78, 5) is 2.54. The Balaban J connectivity index is 1.87. The maximum absolute atomic E-state index is 2.54. The predicted octanol–water partition coefficient (Wildman–Crippen LogP) is 3.16. The highest BCUT2D eigenvalue weighted by Crippen LogP contribution is 2.58. The summed E-state index contributed by atoms with van der Waals surface area (Å²) in [6.07, 6.45) is 5.73. The topological polar surface area (TPSA) is 3.24 Å². The molecule has 90 valence electrons. The van der Waals surface area contributed by atoms with Gasteiger partial charge >= 0.3 is 0 Å². The minimum absolute atomic E-state index is 0.553. The number of nitrogens with zero attached hydrogens (tertiary/aromatic N) is 1. The number of fused-ring (bicyclic) bond motifs is 1. The van der Waals surface area contributed by atoms with Crippen LogP contribution >= 0.6 is 0 Å². The second-order valence-corrected chi connectivity index (χ2v) is 6.42. The van der Waals surface area contributed by atoms with E-state index in [9.17, 15) is 0 Å². The average molecular weight is 227 g/mol. The van der Waals surface area contributed by atoms with Crippen LogP contribution in [0.5, 0.6) is 0 Å². The molecule has 0 N–H and O–H groups in total. The zero-order chi connectivity index (χ0) is 11.5. The number of likely N-dealkylation sites (tertiary alicyclic amines) is 1. The quantitative estimate of drug-likeness (QED) is 0.658. The molecule has 1 aliphatic heterocycles. The Hall–Kier alpha value is -0.820. The predicted molar refractivity (Wildman–Crippen MR) is 70.3 cm³/mol. The molecule has 0 aromatic heterocycles. The van der Waals surface area contributed by atoms with Gasteiger partial charge in [0, 0.05) is 12.0 Å². The summed E-state index contributed by atoms with van der Waals surface area (Å²) in [6.45, 7) is 2.61. The van der Waals surface area contributed by atoms with Crippen LogP contribution in [0.1, 0.15) is 42.7 Å². The third kappa shape index (κ3) is 1.24. The molecular formula is C16H21N. The van der Waals surface area contributed by atoms with Gasteiger partial charge in [0.1, 0.15) is 0 Å². The molecule has 4 aliphatic rings. The molecule has 1 spiro atoms. The molecular weight excluding hydrogens is 206 g/mol. The van der Waals surface area contributed by atoms with Crippen LogP contribution in [0, 0.1) is 5.92 Å². The first-order chi connectivity index (χ1) is 8.29. The fourth-order valence-corrected chi connectivity index (χ4v) is 4.84. The zero-order valence-electron chi connectivity index (χ0n) is 10.7. The van der Waals surface area contributed by atoms with Crippen molar-refractivity contribution in [2.45, 2.75) is 37.0 Å². The van der Waals surface area contributed by atoms with Gasteiger partial charge in [-0.3, -0.25) is 0 Å². The van der Waals surface area contributed by atoms with Gasteiger partial charge in [-0.05, 0) is 62.2 Å². The fraction of sp³-hybridized carbons (Fsp3) is 0.625. The molecule has 5 rings (SSSR count). The van der Waals surface area contributed by atoms with Crippen molar-refractivity contribution in [1.29, 1.82) is 0 Å². The summed E-state index contributed by atoms with van der Waals surface area (Å²) in [6, 6.07) is 9.32. The Kier molecular flexibility index (Phi) is 2.00. The van der Waals surface area contributed by atoms with E-state index in [1.165, 1.54) is 38.8 Å². The van der Waals surface area contributed by atoms with E-state index in [0.29, 0.717) is 5.41 Å². The van der Waals surface area contributed by atoms with Crippen molar-refractivity contribution in [2.24, 2.45) is 5.92 Å². The maximum Gasteiger partial charge on any atom is 0.00154 e. The summed E-state index contributed by atoms with van der Waals surface area (Å²) in [5.74, 6) is 1.79. The Morgan fingerprint density at radius 1 is 1.24 bits per heavy atom. The molecule has 1 aromatic carbocycles. The molecule has 0 radical (unpaired) electrons. The minimum Gasteiger partial charge on any atom is -0.306 e. The van der Waals surface area contributed by atoms with Crippen LogP contribution in [0.15, 0.2) is 24.3 Å². The third-order valence-corrected chi connectivity index (χ3v) is 5.70. The molecule has 1 nitrogen and oxygen atoms in total. The maximum atomic E-state index is 2.54. The molecule has 1 heteroatoms. The highest BCUT2D eigenvalue weighted by Gasteiger charge is 2.52. The molecule has 3 aliphatic carbocycles. The van der Waals surface area contributed by atoms with Crippen molar-refractivity contribution in [3.05, 3.63) is 35.4 Å². The molecule has 0 unspecified atom stereocenters. The molecule has 1 heterocycles. The van der Waals surface area contributed by atoms with Crippen molar-refractivity contribution in [3.8, 4) is 0 Å². The van der Waals surface area contributed by atoms with Gasteiger partial charge in [-0.15, -0.1) is 0 Å². The minimum atomic E-state index is 0.553. The van der Waals surface area contributed by atoms with E-state index in [-0.39, 0.29) is 0 Å². The van der Waals surface area contributed by atoms with Gasteiger partial charge in [0.2, 0.25) is 0 Å². The van der Waals surface area contributed by atoms with Crippen molar-refractivity contribution < 1.29 is 0 Å². The Morgan fingerprint density at radius 2 is 2.12 bits per heavy atom. The molecule has 17 heavy (non-hydrogen) atoms. The molecule has 1 saturated heterocycles. The van der Waals surface area contributed by atoms with Crippen LogP contribution in [-0.4, -0.2) is 25.0 Å². The fourth-order valence-electron chi connectivity index (χ4n) is 4.84. The van der Waals surface area contributed by atoms with Crippen LogP contribution in [0.3, 0.4) is 0 Å². The molecule has 1 aromatic rings. The van der Waals surface area contributed by atoms with Crippen LogP contribution in [-0.2, 0) is 5.41 Å². The standard InChI is InChI=1S/C16H21N/c1-17-9-8-16-7-6-12(10-13(16)11-17)14-4-2-3-5-15(14)16/h2-5,12-13H,6-11H2,1H3/t12-,13+,16-/m0/s1. The highest BCUT2D eigenvalue weighted by atomic mass is 15.1. The van der Waals surface area contributed by atoms with Gasteiger partial charge in [-0.2, -0.15) is 0 Å². The van der Waals surface area contributed by atoms with Gasteiger partial charge in [-0.25, -0.2) is 0 Å². The highest BCUT2D eigenvalue weighted by molar-refractivity contribution is 5.43. The number of hydrogen-bond donors (Lipinski definition) is 0. The lowest BCUT2D eigenvalue weighted by molar-refractivity contribution is 0.0470. The molecule has 2 bridgehead atoms. The summed E-state index contributed by atoms with van der Waals surface area (Å²) in [5, 5.41) is 0. The molecule has 3 atom stereocenters. The van der Waals surface area contributed by atoms with Crippen LogP contribution < -0.4 is 0 Å². The number of benzene rings is 1. The SMILES string of the molecule is CN1CC[C@@]23CC[C@@H](C[C@@H]2C1)c1ccccc13. The van der Waals surface area contributed by atoms with E-state index < -0.39 is 0 Å². The monoisotopic (exact) mass is 227 g/mol. The van der Waals surface area contributed by atoms with E-state index in [4.69, 9.17) is 0 Å². The number of piperidine rings is 1. The second-order valence-electron chi connectivity index (χ2n) is 6.42. The molecule has 0 amide bonds. The summed E-state index contributed by atoms with van der Waals surface area (Å²) in [5.41, 5.74) is 3.97. The lowest BCUT2D eigenvalue weighted by Gasteiger charge is -2.57. The molecule has 1 saturated carbocycles. The summed E-state index contributed by atoms with van der Waals surface area (Å²) >= 11 is 0. The first-order valence-electron chi connectivity index (χ1n) is 7.07. The van der Waals surface area contributed by atoms with E-state index in [1.54, 1.807) is 11.1 Å². The van der Waals surface area contributed by atoms with E-state index in [0.717, 1.165) is 11.8 Å². The Bertz CT molecular complexity index is 453.